The van der Waals surface area contributed by atoms with Gasteiger partial charge in [-0.3, -0.25) is 9.59 Å². The molecule has 15 heteroatoms. The summed E-state index contributed by atoms with van der Waals surface area (Å²) in [6.45, 7) is 2.81. The lowest BCUT2D eigenvalue weighted by molar-refractivity contribution is -0.137. The molecule has 4 heterocycles. The molecule has 318 valence electrons. The quantitative estimate of drug-likeness (QED) is 0.109. The smallest absolute Gasteiger partial charge is 0.407 e. The Morgan fingerprint density at radius 1 is 0.758 bits per heavy atom. The van der Waals surface area contributed by atoms with Crippen molar-refractivity contribution in [3.8, 4) is 23.1 Å². The van der Waals surface area contributed by atoms with Crippen LogP contribution in [0.3, 0.4) is 0 Å². The molecule has 6 aromatic rings. The van der Waals surface area contributed by atoms with Gasteiger partial charge in [-0.05, 0) is 79.5 Å². The average molecular weight is 837 g/mol. The molecule has 0 bridgehead atoms. The predicted molar refractivity (Wildman–Crippen MR) is 232 cm³/mol. The van der Waals surface area contributed by atoms with Crippen molar-refractivity contribution < 1.29 is 33.4 Å². The lowest BCUT2D eigenvalue weighted by atomic mass is 10.0. The molecule has 8 rings (SSSR count). The summed E-state index contributed by atoms with van der Waals surface area (Å²) in [7, 11) is 4.03. The van der Waals surface area contributed by atoms with Gasteiger partial charge in [-0.2, -0.15) is 0 Å². The number of methoxy groups -OCH3 is 3. The number of alkyl carbamates (subject to hydrolysis) is 2. The number of rotatable bonds is 10. The molecule has 4 N–H and O–H groups in total. The van der Waals surface area contributed by atoms with Gasteiger partial charge in [0.25, 0.3) is 5.91 Å². The largest absolute Gasteiger partial charge is 0.453 e. The van der Waals surface area contributed by atoms with E-state index in [-0.39, 0.29) is 23.9 Å². The standard InChI is InChI=1S/C47H48N8O7/c1-28(60-2)39(52-46(58)61-3)44(56)55-25-9-13-38(55)43-49-35-23-21-33-26-30(18-22-34(33)41(35)51-43)15-14-29-16-19-31(20-17-29)36-27-48-42(50-36)37-12-8-24-54(37)45(57)40(53-47(59)62-4)32-10-6-5-7-11-32/h5-7,10-11,16-23,26-28,37-40H,8-9,12-13,24-25H2,1-4H3,(H,48,50)(H,49,51)(H,52,58)(H,53,59)/t28-,37+,38+,39+,40-/m1/s1. The number of carbonyl (C=O) groups is 4. The highest BCUT2D eigenvalue weighted by molar-refractivity contribution is 6.04. The van der Waals surface area contributed by atoms with E-state index in [4.69, 9.17) is 19.2 Å². The van der Waals surface area contributed by atoms with Crippen molar-refractivity contribution in [3.05, 3.63) is 119 Å². The Balaban J connectivity index is 0.951. The van der Waals surface area contributed by atoms with E-state index in [9.17, 15) is 19.2 Å². The molecular weight excluding hydrogens is 789 g/mol. The molecular formula is C47H48N8O7. The fourth-order valence-corrected chi connectivity index (χ4v) is 8.38. The maximum absolute atomic E-state index is 13.9. The Hall–Kier alpha value is -7.18. The van der Waals surface area contributed by atoms with Crippen LogP contribution in [0.5, 0.6) is 0 Å². The van der Waals surface area contributed by atoms with Gasteiger partial charge >= 0.3 is 12.2 Å². The van der Waals surface area contributed by atoms with E-state index in [0.717, 1.165) is 69.9 Å². The lowest BCUT2D eigenvalue weighted by Crippen LogP contribution is -2.54. The Kier molecular flexibility index (Phi) is 12.2. The molecule has 2 fully saturated rings. The second-order valence-corrected chi connectivity index (χ2v) is 15.4. The van der Waals surface area contributed by atoms with Crippen LogP contribution in [0, 0.1) is 11.8 Å². The summed E-state index contributed by atoms with van der Waals surface area (Å²) in [4.78, 5) is 72.0. The minimum Gasteiger partial charge on any atom is -0.453 e. The fourth-order valence-electron chi connectivity index (χ4n) is 8.38. The van der Waals surface area contributed by atoms with Crippen LogP contribution in [0.1, 0.15) is 79.1 Å². The van der Waals surface area contributed by atoms with Gasteiger partial charge in [0.05, 0.1) is 55.3 Å². The van der Waals surface area contributed by atoms with Gasteiger partial charge < -0.3 is 44.6 Å². The summed E-state index contributed by atoms with van der Waals surface area (Å²) in [5.74, 6) is 7.49. The SMILES string of the molecule is COC(=O)N[C@H](C(=O)N1CCC[C@H]1c1nc2ccc3cc(C#Cc4ccc(-c5cnc([C@@H]6CCCN6C(=O)[C@H](NC(=O)OC)c6ccccc6)[nH]5)cc4)ccc3c2[nH]1)[C@@H](C)OC. The first-order chi connectivity index (χ1) is 30.1. The maximum Gasteiger partial charge on any atom is 0.407 e. The number of hydrogen-bond acceptors (Lipinski definition) is 9. The van der Waals surface area contributed by atoms with Crippen molar-refractivity contribution in [3.63, 3.8) is 0 Å². The van der Waals surface area contributed by atoms with Gasteiger partial charge in [-0.15, -0.1) is 0 Å². The molecule has 4 aromatic carbocycles. The third-order valence-electron chi connectivity index (χ3n) is 11.7. The minimum absolute atomic E-state index is 0.221. The summed E-state index contributed by atoms with van der Waals surface area (Å²) >= 11 is 0. The number of aromatic amines is 2. The van der Waals surface area contributed by atoms with Gasteiger partial charge in [-0.25, -0.2) is 19.6 Å². The van der Waals surface area contributed by atoms with E-state index in [1.807, 2.05) is 84.9 Å². The summed E-state index contributed by atoms with van der Waals surface area (Å²) in [6.07, 6.45) is 2.92. The number of hydrogen-bond donors (Lipinski definition) is 4. The predicted octanol–water partition coefficient (Wildman–Crippen LogP) is 6.69. The molecule has 2 aliphatic heterocycles. The number of H-pyrrole nitrogens is 2. The summed E-state index contributed by atoms with van der Waals surface area (Å²) in [5, 5.41) is 7.33. The van der Waals surface area contributed by atoms with Crippen molar-refractivity contribution >= 4 is 45.8 Å². The second-order valence-electron chi connectivity index (χ2n) is 15.4. The van der Waals surface area contributed by atoms with Crippen molar-refractivity contribution in [1.82, 2.24) is 40.4 Å². The molecule has 5 atom stereocenters. The molecule has 0 spiro atoms. The van der Waals surface area contributed by atoms with Gasteiger partial charge in [0, 0.05) is 36.7 Å². The van der Waals surface area contributed by atoms with Crippen molar-refractivity contribution in [1.29, 1.82) is 0 Å². The number of nitrogens with zero attached hydrogens (tertiary/aromatic N) is 4. The molecule has 2 aliphatic rings. The summed E-state index contributed by atoms with van der Waals surface area (Å²) in [5.41, 5.74) is 5.80. The number of imidazole rings is 2. The Morgan fingerprint density at radius 3 is 2.13 bits per heavy atom. The Labute approximate surface area is 358 Å². The number of carbonyl (C=O) groups excluding carboxylic acids is 4. The monoisotopic (exact) mass is 836 g/mol. The number of aromatic nitrogens is 4. The van der Waals surface area contributed by atoms with E-state index < -0.39 is 30.4 Å². The molecule has 0 unspecified atom stereocenters. The zero-order valence-electron chi connectivity index (χ0n) is 34.9. The van der Waals surface area contributed by atoms with Gasteiger partial charge in [-0.1, -0.05) is 66.4 Å². The topological polar surface area (TPSA) is 184 Å². The van der Waals surface area contributed by atoms with E-state index >= 15 is 0 Å². The van der Waals surface area contributed by atoms with Crippen molar-refractivity contribution in [2.45, 2.75) is 62.9 Å². The summed E-state index contributed by atoms with van der Waals surface area (Å²) in [6, 6.07) is 24.8. The van der Waals surface area contributed by atoms with Crippen LogP contribution in [0.25, 0.3) is 33.1 Å². The number of nitrogens with one attached hydrogen (secondary N) is 4. The summed E-state index contributed by atoms with van der Waals surface area (Å²) < 4.78 is 15.0. The average Bonchev–Trinajstić information content (AvgIpc) is 4.15. The molecule has 0 radical (unpaired) electrons. The van der Waals surface area contributed by atoms with Crippen LogP contribution in [0.4, 0.5) is 9.59 Å². The highest BCUT2D eigenvalue weighted by Gasteiger charge is 2.39. The first-order valence-corrected chi connectivity index (χ1v) is 20.6. The zero-order chi connectivity index (χ0) is 43.3. The van der Waals surface area contributed by atoms with E-state index in [1.165, 1.54) is 21.3 Å². The zero-order valence-corrected chi connectivity index (χ0v) is 34.9. The molecule has 62 heavy (non-hydrogen) atoms. The van der Waals surface area contributed by atoms with Crippen LogP contribution < -0.4 is 10.6 Å². The Morgan fingerprint density at radius 2 is 1.42 bits per heavy atom. The highest BCUT2D eigenvalue weighted by atomic mass is 16.5. The number of fused-ring (bicyclic) bond motifs is 3. The normalized spacial score (nSPS) is 17.5. The number of amides is 4. The lowest BCUT2D eigenvalue weighted by Gasteiger charge is -2.30. The molecule has 15 nitrogen and oxygen atoms in total. The van der Waals surface area contributed by atoms with Crippen LogP contribution in [-0.2, 0) is 23.8 Å². The minimum atomic E-state index is -0.909. The van der Waals surface area contributed by atoms with E-state index in [0.29, 0.717) is 30.3 Å². The molecule has 2 aromatic heterocycles. The number of benzene rings is 4. The van der Waals surface area contributed by atoms with Crippen LogP contribution in [0.2, 0.25) is 0 Å². The van der Waals surface area contributed by atoms with E-state index in [2.05, 4.69) is 37.4 Å². The van der Waals surface area contributed by atoms with E-state index in [1.54, 1.807) is 22.9 Å². The molecule has 0 aliphatic carbocycles. The first kappa shape index (κ1) is 41.5. The highest BCUT2D eigenvalue weighted by Crippen LogP contribution is 2.36. The molecule has 0 saturated carbocycles. The molecule has 4 amide bonds. The Bertz CT molecular complexity index is 2670. The van der Waals surface area contributed by atoms with Gasteiger partial charge in [0.1, 0.15) is 23.7 Å². The van der Waals surface area contributed by atoms with Crippen molar-refractivity contribution in [2.75, 3.05) is 34.4 Å². The first-order valence-electron chi connectivity index (χ1n) is 20.6. The van der Waals surface area contributed by atoms with Gasteiger partial charge in [0.2, 0.25) is 5.91 Å². The van der Waals surface area contributed by atoms with Gasteiger partial charge in [0.15, 0.2) is 0 Å². The third kappa shape index (κ3) is 8.55. The second kappa shape index (κ2) is 18.2. The third-order valence-corrected chi connectivity index (χ3v) is 11.7. The van der Waals surface area contributed by atoms with Crippen LogP contribution in [0.15, 0.2) is 91.1 Å². The number of ether oxygens (including phenoxy) is 3. The number of likely N-dealkylation sites (tertiary alicyclic amines) is 2. The van der Waals surface area contributed by atoms with Crippen LogP contribution >= 0.6 is 0 Å². The van der Waals surface area contributed by atoms with Crippen LogP contribution in [-0.4, -0.2) is 100 Å². The fraction of sp³-hybridized carbons (Fsp3) is 0.319. The van der Waals surface area contributed by atoms with Crippen molar-refractivity contribution in [2.24, 2.45) is 0 Å². The molecule has 2 saturated heterocycles. The maximum atomic E-state index is 13.9.